The molecule has 0 saturated heterocycles. The zero-order valence-corrected chi connectivity index (χ0v) is 26.0. The van der Waals surface area contributed by atoms with Crippen molar-refractivity contribution in [1.29, 1.82) is 0 Å². The number of urea groups is 1. The van der Waals surface area contributed by atoms with Gasteiger partial charge >= 0.3 is 18.1 Å². The van der Waals surface area contributed by atoms with Gasteiger partial charge < -0.3 is 30.3 Å². The monoisotopic (exact) mass is 603 g/mol. The number of rotatable bonds is 11. The highest BCUT2D eigenvalue weighted by Gasteiger charge is 2.19. The lowest BCUT2D eigenvalue weighted by Crippen LogP contribution is -2.33. The van der Waals surface area contributed by atoms with Crippen LogP contribution in [0.2, 0.25) is 0 Å². The molecule has 0 aliphatic rings. The van der Waals surface area contributed by atoms with Crippen molar-refractivity contribution in [2.24, 2.45) is 0 Å². The minimum atomic E-state index is -0.665. The van der Waals surface area contributed by atoms with E-state index in [1.165, 1.54) is 7.11 Å². The molecule has 0 bridgehead atoms. The Kier molecular flexibility index (Phi) is 11.9. The first-order valence-electron chi connectivity index (χ1n) is 14.3. The molecule has 0 saturated carbocycles. The fraction of sp³-hybridized carbons (Fsp3) is 0.333. The number of nitrogens with zero attached hydrogens (tertiary/aromatic N) is 1. The molecule has 11 heteroatoms. The Morgan fingerprint density at radius 3 is 1.95 bits per heavy atom. The predicted molar refractivity (Wildman–Crippen MR) is 171 cm³/mol. The molecule has 4 amide bonds. The van der Waals surface area contributed by atoms with E-state index in [0.717, 1.165) is 18.5 Å². The van der Waals surface area contributed by atoms with E-state index >= 15 is 0 Å². The lowest BCUT2D eigenvalue weighted by molar-refractivity contribution is 0.0598. The van der Waals surface area contributed by atoms with E-state index < -0.39 is 23.7 Å². The number of hydrogen-bond donors (Lipinski definition) is 4. The Balaban J connectivity index is 1.69. The molecule has 3 rings (SSSR count). The molecule has 3 aromatic rings. The van der Waals surface area contributed by atoms with Crippen LogP contribution in [0.5, 0.6) is 0 Å². The highest BCUT2D eigenvalue weighted by Crippen LogP contribution is 2.24. The predicted octanol–water partition coefficient (Wildman–Crippen LogP) is 6.28. The second kappa shape index (κ2) is 15.5. The first kappa shape index (κ1) is 33.6. The molecule has 1 atom stereocenters. The molecule has 3 aromatic carbocycles. The number of ether oxygens (including phenoxy) is 2. The molecule has 1 unspecified atom stereocenters. The van der Waals surface area contributed by atoms with Crippen molar-refractivity contribution >= 4 is 41.1 Å². The summed E-state index contributed by atoms with van der Waals surface area (Å²) in [6.45, 7) is 6.15. The van der Waals surface area contributed by atoms with E-state index in [1.54, 1.807) is 81.4 Å². The maximum atomic E-state index is 13.1. The standard InChI is InChI=1S/C33H41N5O6/c1-33(2,3)44-32(42)37-28-11-8-7-10-27(28)35-29(39)23-15-13-22(14-16-23)26(12-9-21-38(4)5)36-31(41)34-25-19-17-24(18-20-25)30(40)43-6/h7-8,10-11,13-20,26H,9,12,21H2,1-6H3,(H,35,39)(H,37,42)(H2,34,36,41). The molecule has 234 valence electrons. The number of methoxy groups -OCH3 is 1. The zero-order chi connectivity index (χ0) is 32.3. The maximum absolute atomic E-state index is 13.1. The van der Waals surface area contributed by atoms with E-state index in [4.69, 9.17) is 9.47 Å². The molecule has 0 fully saturated rings. The smallest absolute Gasteiger partial charge is 0.412 e. The van der Waals surface area contributed by atoms with Gasteiger partial charge in [-0.15, -0.1) is 0 Å². The summed E-state index contributed by atoms with van der Waals surface area (Å²) in [7, 11) is 5.28. The van der Waals surface area contributed by atoms with E-state index in [2.05, 4.69) is 26.2 Å². The van der Waals surface area contributed by atoms with Gasteiger partial charge in [-0.2, -0.15) is 0 Å². The Hall–Kier alpha value is -4.90. The largest absolute Gasteiger partial charge is 0.465 e. The summed E-state index contributed by atoms with van der Waals surface area (Å²) in [6, 6.07) is 19.5. The fourth-order valence-corrected chi connectivity index (χ4v) is 4.24. The van der Waals surface area contributed by atoms with Gasteiger partial charge in [0.15, 0.2) is 0 Å². The van der Waals surface area contributed by atoms with Crippen molar-refractivity contribution in [3.8, 4) is 0 Å². The summed E-state index contributed by atoms with van der Waals surface area (Å²) in [6.07, 6.45) is 0.871. The number of hydrogen-bond acceptors (Lipinski definition) is 7. The Morgan fingerprint density at radius 1 is 0.795 bits per heavy atom. The topological polar surface area (TPSA) is 138 Å². The Morgan fingerprint density at radius 2 is 1.39 bits per heavy atom. The van der Waals surface area contributed by atoms with Crippen LogP contribution in [0, 0.1) is 0 Å². The molecule has 0 aliphatic carbocycles. The van der Waals surface area contributed by atoms with Crippen molar-refractivity contribution in [2.75, 3.05) is 43.7 Å². The number of para-hydroxylation sites is 2. The molecular weight excluding hydrogens is 562 g/mol. The van der Waals surface area contributed by atoms with Crippen LogP contribution in [0.3, 0.4) is 0 Å². The van der Waals surface area contributed by atoms with Crippen LogP contribution >= 0.6 is 0 Å². The minimum Gasteiger partial charge on any atom is -0.465 e. The summed E-state index contributed by atoms with van der Waals surface area (Å²) in [5.74, 6) is -0.819. The van der Waals surface area contributed by atoms with Gasteiger partial charge in [-0.1, -0.05) is 24.3 Å². The van der Waals surface area contributed by atoms with Crippen LogP contribution in [0.15, 0.2) is 72.8 Å². The van der Waals surface area contributed by atoms with Crippen LogP contribution in [0.1, 0.15) is 65.9 Å². The SMILES string of the molecule is COC(=O)c1ccc(NC(=O)NC(CCCN(C)C)c2ccc(C(=O)Nc3ccccc3NC(=O)OC(C)(C)C)cc2)cc1. The molecule has 11 nitrogen and oxygen atoms in total. The molecule has 4 N–H and O–H groups in total. The highest BCUT2D eigenvalue weighted by molar-refractivity contribution is 6.07. The van der Waals surface area contributed by atoms with Crippen LogP contribution < -0.4 is 21.3 Å². The number of benzene rings is 3. The normalized spacial score (nSPS) is 11.7. The van der Waals surface area contributed by atoms with Gasteiger partial charge in [0, 0.05) is 11.3 Å². The Bertz CT molecular complexity index is 1430. The molecule has 0 radical (unpaired) electrons. The van der Waals surface area contributed by atoms with E-state index in [-0.39, 0.29) is 11.9 Å². The third-order valence-corrected chi connectivity index (χ3v) is 6.35. The Labute approximate surface area is 258 Å². The average molecular weight is 604 g/mol. The third kappa shape index (κ3) is 10.7. The number of esters is 1. The van der Waals surface area contributed by atoms with Crippen molar-refractivity contribution in [3.05, 3.63) is 89.5 Å². The lowest BCUT2D eigenvalue weighted by Gasteiger charge is -2.21. The number of anilines is 3. The first-order chi connectivity index (χ1) is 20.8. The van der Waals surface area contributed by atoms with Gasteiger partial charge in [-0.3, -0.25) is 10.1 Å². The van der Waals surface area contributed by atoms with Gasteiger partial charge in [0.05, 0.1) is 30.1 Å². The second-order valence-electron chi connectivity index (χ2n) is 11.4. The molecule has 0 aromatic heterocycles. The number of nitrogens with one attached hydrogen (secondary N) is 4. The molecular formula is C33H41N5O6. The van der Waals surface area contributed by atoms with Gasteiger partial charge in [0.2, 0.25) is 0 Å². The van der Waals surface area contributed by atoms with Crippen LogP contribution in [0.4, 0.5) is 26.7 Å². The summed E-state index contributed by atoms with van der Waals surface area (Å²) in [4.78, 5) is 52.0. The number of amides is 4. The average Bonchev–Trinajstić information content (AvgIpc) is 2.96. The number of carbonyl (C=O) groups excluding carboxylic acids is 4. The van der Waals surface area contributed by atoms with Crippen molar-refractivity contribution in [2.45, 2.75) is 45.3 Å². The van der Waals surface area contributed by atoms with Crippen molar-refractivity contribution in [3.63, 3.8) is 0 Å². The summed E-state index contributed by atoms with van der Waals surface area (Å²) < 4.78 is 10.0. The summed E-state index contributed by atoms with van der Waals surface area (Å²) >= 11 is 0. The minimum absolute atomic E-state index is 0.319. The molecule has 0 heterocycles. The van der Waals surface area contributed by atoms with E-state index in [0.29, 0.717) is 34.6 Å². The fourth-order valence-electron chi connectivity index (χ4n) is 4.24. The van der Waals surface area contributed by atoms with Gasteiger partial charge in [0.25, 0.3) is 5.91 Å². The van der Waals surface area contributed by atoms with Gasteiger partial charge in [0.1, 0.15) is 5.60 Å². The quantitative estimate of drug-likeness (QED) is 0.189. The van der Waals surface area contributed by atoms with Crippen LogP contribution in [-0.4, -0.2) is 62.3 Å². The molecule has 0 spiro atoms. The summed E-state index contributed by atoms with van der Waals surface area (Å²) in [5, 5.41) is 11.3. The van der Waals surface area contributed by atoms with Crippen LogP contribution in [-0.2, 0) is 9.47 Å². The molecule has 44 heavy (non-hydrogen) atoms. The van der Waals surface area contributed by atoms with Gasteiger partial charge in [-0.25, -0.2) is 14.4 Å². The van der Waals surface area contributed by atoms with Gasteiger partial charge in [-0.05, 0) is 108 Å². The molecule has 0 aliphatic heterocycles. The second-order valence-corrected chi connectivity index (χ2v) is 11.4. The van der Waals surface area contributed by atoms with Crippen molar-refractivity contribution < 1.29 is 28.7 Å². The van der Waals surface area contributed by atoms with E-state index in [1.807, 2.05) is 26.2 Å². The summed E-state index contributed by atoms with van der Waals surface area (Å²) in [5.41, 5.74) is 2.31. The zero-order valence-electron chi connectivity index (χ0n) is 26.0. The first-order valence-corrected chi connectivity index (χ1v) is 14.3. The highest BCUT2D eigenvalue weighted by atomic mass is 16.6. The third-order valence-electron chi connectivity index (χ3n) is 6.35. The maximum Gasteiger partial charge on any atom is 0.412 e. The lowest BCUT2D eigenvalue weighted by atomic mass is 10.00. The van der Waals surface area contributed by atoms with Crippen LogP contribution in [0.25, 0.3) is 0 Å². The number of carbonyl (C=O) groups is 4. The van der Waals surface area contributed by atoms with Crippen molar-refractivity contribution in [1.82, 2.24) is 10.2 Å². The van der Waals surface area contributed by atoms with E-state index in [9.17, 15) is 19.2 Å².